The highest BCUT2D eigenvalue weighted by molar-refractivity contribution is 7.80. The van der Waals surface area contributed by atoms with Crippen LogP contribution >= 0.6 is 46.5 Å². The van der Waals surface area contributed by atoms with Gasteiger partial charge in [0.1, 0.15) is 16.1 Å². The average Bonchev–Trinajstić information content (AvgIpc) is 3.29. The number of thiophene rings is 1. The third kappa shape index (κ3) is 4.57. The Labute approximate surface area is 198 Å². The summed E-state index contributed by atoms with van der Waals surface area (Å²) < 4.78 is 6.30. The molecule has 0 bridgehead atoms. The van der Waals surface area contributed by atoms with Gasteiger partial charge in [0, 0.05) is 10.4 Å². The molecule has 0 saturated carbocycles. The van der Waals surface area contributed by atoms with Crippen LogP contribution in [-0.2, 0) is 4.74 Å². The number of carbonyl (C=O) groups excluding carboxylic acids is 1. The van der Waals surface area contributed by atoms with E-state index in [4.69, 9.17) is 28.6 Å². The first-order chi connectivity index (χ1) is 15.0. The molecule has 4 rings (SSSR count). The number of carbonyl (C=O) groups is 1. The fourth-order valence-electron chi connectivity index (χ4n) is 3.18. The number of aromatic nitrogens is 1. The number of aryl methyl sites for hydroxylation is 1. The van der Waals surface area contributed by atoms with E-state index in [1.54, 1.807) is 13.0 Å². The second-order valence-electron chi connectivity index (χ2n) is 6.51. The van der Waals surface area contributed by atoms with Gasteiger partial charge in [0.2, 0.25) is 0 Å². The Balaban J connectivity index is 1.64. The van der Waals surface area contributed by atoms with Crippen LogP contribution in [0.2, 0.25) is 5.02 Å². The smallest absolute Gasteiger partial charge is 0.341 e. The van der Waals surface area contributed by atoms with E-state index in [-0.39, 0.29) is 12.6 Å². The molecule has 0 spiro atoms. The number of ether oxygens (including phenoxy) is 1. The molecule has 2 aromatic carbocycles. The van der Waals surface area contributed by atoms with Gasteiger partial charge in [-0.25, -0.2) is 9.78 Å². The number of para-hydroxylation sites is 1. The van der Waals surface area contributed by atoms with Gasteiger partial charge in [0.25, 0.3) is 0 Å². The number of hydrogen-bond donors (Lipinski definition) is 2. The summed E-state index contributed by atoms with van der Waals surface area (Å²) >= 11 is 14.6. The van der Waals surface area contributed by atoms with Crippen molar-refractivity contribution in [1.82, 2.24) is 4.98 Å². The highest BCUT2D eigenvalue weighted by Crippen LogP contribution is 2.40. The topological polar surface area (TPSA) is 63.2 Å². The molecule has 5 nitrogen and oxygen atoms in total. The molecular weight excluding hydrogens is 470 g/mol. The van der Waals surface area contributed by atoms with Crippen molar-refractivity contribution in [2.24, 2.45) is 0 Å². The van der Waals surface area contributed by atoms with Crippen molar-refractivity contribution in [3.05, 3.63) is 64.0 Å². The lowest BCUT2D eigenvalue weighted by Crippen LogP contribution is -2.20. The van der Waals surface area contributed by atoms with Gasteiger partial charge in [-0.3, -0.25) is 0 Å². The maximum Gasteiger partial charge on any atom is 0.341 e. The average molecular weight is 488 g/mol. The number of halogens is 1. The van der Waals surface area contributed by atoms with Gasteiger partial charge in [-0.05, 0) is 43.8 Å². The molecule has 0 amide bonds. The zero-order valence-electron chi connectivity index (χ0n) is 16.7. The highest BCUT2D eigenvalue weighted by Gasteiger charge is 2.25. The molecule has 0 aliphatic carbocycles. The molecule has 0 saturated heterocycles. The molecule has 4 aromatic rings. The standard InChI is InChI=1S/C22H18ClN3O2S3/c1-3-28-20(27)17-16(13-8-5-4-6-9-13)12(2)30-19(17)25-21(29)26-22-24-18-14(23)10-7-11-15(18)31-22/h4-11H,3H2,1-2H3,(H2,24,25,26,29). The quantitative estimate of drug-likeness (QED) is 0.234. The zero-order valence-corrected chi connectivity index (χ0v) is 19.9. The maximum atomic E-state index is 12.8. The lowest BCUT2D eigenvalue weighted by molar-refractivity contribution is 0.0529. The number of rotatable bonds is 5. The van der Waals surface area contributed by atoms with Crippen LogP contribution in [-0.4, -0.2) is 22.7 Å². The van der Waals surface area contributed by atoms with Gasteiger partial charge in [0.15, 0.2) is 10.2 Å². The van der Waals surface area contributed by atoms with E-state index in [2.05, 4.69) is 15.6 Å². The number of thiazole rings is 1. The summed E-state index contributed by atoms with van der Waals surface area (Å²) in [5.41, 5.74) is 3.00. The maximum absolute atomic E-state index is 12.8. The number of nitrogens with zero attached hydrogens (tertiary/aromatic N) is 1. The van der Waals surface area contributed by atoms with Crippen molar-refractivity contribution in [3.63, 3.8) is 0 Å². The van der Waals surface area contributed by atoms with Gasteiger partial charge in [-0.15, -0.1) is 11.3 Å². The zero-order chi connectivity index (χ0) is 22.0. The molecule has 0 fully saturated rings. The van der Waals surface area contributed by atoms with Crippen molar-refractivity contribution in [1.29, 1.82) is 0 Å². The summed E-state index contributed by atoms with van der Waals surface area (Å²) in [4.78, 5) is 18.3. The molecular formula is C22H18ClN3O2S3. The molecule has 0 atom stereocenters. The monoisotopic (exact) mass is 487 g/mol. The first-order valence-electron chi connectivity index (χ1n) is 9.47. The highest BCUT2D eigenvalue weighted by atomic mass is 35.5. The minimum atomic E-state index is -0.386. The number of anilines is 2. The molecule has 0 aliphatic rings. The summed E-state index contributed by atoms with van der Waals surface area (Å²) in [5, 5.41) is 8.43. The molecule has 9 heteroatoms. The number of nitrogens with one attached hydrogen (secondary N) is 2. The van der Waals surface area contributed by atoms with E-state index in [0.29, 0.717) is 25.8 Å². The van der Waals surface area contributed by atoms with Crippen molar-refractivity contribution >= 4 is 77.9 Å². The Bertz CT molecular complexity index is 1270. The Morgan fingerprint density at radius 1 is 1.13 bits per heavy atom. The van der Waals surface area contributed by atoms with Crippen LogP contribution in [0.1, 0.15) is 22.2 Å². The predicted octanol–water partition coefficient (Wildman–Crippen LogP) is 6.97. The van der Waals surface area contributed by atoms with E-state index >= 15 is 0 Å². The lowest BCUT2D eigenvalue weighted by Gasteiger charge is -2.10. The minimum Gasteiger partial charge on any atom is -0.462 e. The van der Waals surface area contributed by atoms with Crippen LogP contribution in [0.3, 0.4) is 0 Å². The summed E-state index contributed by atoms with van der Waals surface area (Å²) in [6, 6.07) is 15.4. The first-order valence-corrected chi connectivity index (χ1v) is 11.9. The van der Waals surface area contributed by atoms with E-state index in [0.717, 1.165) is 26.2 Å². The second kappa shape index (κ2) is 9.32. The third-order valence-corrected chi connectivity index (χ3v) is 6.91. The predicted molar refractivity (Wildman–Crippen MR) is 135 cm³/mol. The Hall–Kier alpha value is -2.52. The molecule has 2 aromatic heterocycles. The normalized spacial score (nSPS) is 10.8. The van der Waals surface area contributed by atoms with E-state index in [1.807, 2.05) is 49.4 Å². The fourth-order valence-corrected chi connectivity index (χ4v) is 5.75. The van der Waals surface area contributed by atoms with Crippen molar-refractivity contribution in [2.75, 3.05) is 17.2 Å². The Kier molecular flexibility index (Phi) is 6.52. The molecule has 2 N–H and O–H groups in total. The van der Waals surface area contributed by atoms with Gasteiger partial charge >= 0.3 is 5.97 Å². The van der Waals surface area contributed by atoms with Gasteiger partial charge < -0.3 is 15.4 Å². The number of benzene rings is 2. The largest absolute Gasteiger partial charge is 0.462 e. The van der Waals surface area contributed by atoms with E-state index in [9.17, 15) is 4.79 Å². The van der Waals surface area contributed by atoms with Gasteiger partial charge in [0.05, 0.1) is 16.3 Å². The lowest BCUT2D eigenvalue weighted by atomic mass is 10.0. The number of thiocarbonyl (C=S) groups is 1. The van der Waals surface area contributed by atoms with Crippen LogP contribution in [0, 0.1) is 6.92 Å². The van der Waals surface area contributed by atoms with Crippen LogP contribution in [0.15, 0.2) is 48.5 Å². The van der Waals surface area contributed by atoms with E-state index in [1.165, 1.54) is 22.7 Å². The molecule has 2 heterocycles. The van der Waals surface area contributed by atoms with Crippen molar-refractivity contribution in [2.45, 2.75) is 13.8 Å². The minimum absolute atomic E-state index is 0.288. The number of fused-ring (bicyclic) bond motifs is 1. The van der Waals surface area contributed by atoms with Crippen LogP contribution in [0.25, 0.3) is 21.3 Å². The Morgan fingerprint density at radius 2 is 1.90 bits per heavy atom. The van der Waals surface area contributed by atoms with Crippen LogP contribution < -0.4 is 10.6 Å². The molecule has 31 heavy (non-hydrogen) atoms. The summed E-state index contributed by atoms with van der Waals surface area (Å²) in [6.07, 6.45) is 0. The van der Waals surface area contributed by atoms with E-state index < -0.39 is 0 Å². The molecule has 0 radical (unpaired) electrons. The Morgan fingerprint density at radius 3 is 2.61 bits per heavy atom. The van der Waals surface area contributed by atoms with Gasteiger partial charge in [-0.1, -0.05) is 59.3 Å². The number of hydrogen-bond acceptors (Lipinski definition) is 6. The summed E-state index contributed by atoms with van der Waals surface area (Å²) in [7, 11) is 0. The molecule has 0 unspecified atom stereocenters. The SMILES string of the molecule is CCOC(=O)c1c(NC(=S)Nc2nc3c(Cl)cccc3s2)sc(C)c1-c1ccccc1. The molecule has 158 valence electrons. The summed E-state index contributed by atoms with van der Waals surface area (Å²) in [6.45, 7) is 4.06. The first kappa shape index (κ1) is 21.7. The van der Waals surface area contributed by atoms with Crippen molar-refractivity contribution < 1.29 is 9.53 Å². The van der Waals surface area contributed by atoms with Crippen LogP contribution in [0.4, 0.5) is 10.1 Å². The van der Waals surface area contributed by atoms with Crippen LogP contribution in [0.5, 0.6) is 0 Å². The van der Waals surface area contributed by atoms with Crippen molar-refractivity contribution in [3.8, 4) is 11.1 Å². The fraction of sp³-hybridized carbons (Fsp3) is 0.136. The summed E-state index contributed by atoms with van der Waals surface area (Å²) in [5.74, 6) is -0.386. The number of esters is 1. The third-order valence-electron chi connectivity index (χ3n) is 4.44. The molecule has 0 aliphatic heterocycles. The second-order valence-corrected chi connectivity index (χ2v) is 9.58. The van der Waals surface area contributed by atoms with Gasteiger partial charge in [-0.2, -0.15) is 0 Å².